The Balaban J connectivity index is 2.53. The zero-order valence-electron chi connectivity index (χ0n) is 10.1. The van der Waals surface area contributed by atoms with Gasteiger partial charge < -0.3 is 15.8 Å². The lowest BCUT2D eigenvalue weighted by atomic mass is 10.1. The summed E-state index contributed by atoms with van der Waals surface area (Å²) in [5.41, 5.74) is 6.52. The maximum Gasteiger partial charge on any atom is 0.241 e. The number of amides is 1. The van der Waals surface area contributed by atoms with Crippen LogP contribution in [0.25, 0.3) is 0 Å². The number of benzene rings is 1. The van der Waals surface area contributed by atoms with Crippen LogP contribution in [0.5, 0.6) is 0 Å². The molecule has 1 atom stereocenters. The average molecular weight is 383 g/mol. The van der Waals surface area contributed by atoms with Crippen molar-refractivity contribution in [1.29, 1.82) is 0 Å². The molecule has 0 aromatic heterocycles. The Morgan fingerprint density at radius 2 is 2.33 bits per heavy atom. The third-order valence-corrected chi connectivity index (χ3v) is 3.52. The van der Waals surface area contributed by atoms with E-state index >= 15 is 0 Å². The molecule has 0 aliphatic rings. The third kappa shape index (κ3) is 5.09. The first-order chi connectivity index (χ1) is 8.54. The van der Waals surface area contributed by atoms with E-state index in [4.69, 9.17) is 22.1 Å². The average Bonchev–Trinajstić information content (AvgIpc) is 2.32. The third-order valence-electron chi connectivity index (χ3n) is 2.39. The Hall–Kier alpha value is -0.370. The van der Waals surface area contributed by atoms with Gasteiger partial charge in [0, 0.05) is 22.3 Å². The predicted molar refractivity (Wildman–Crippen MR) is 81.9 cm³/mol. The van der Waals surface area contributed by atoms with Gasteiger partial charge in [0.25, 0.3) is 0 Å². The molecule has 4 nitrogen and oxygen atoms in total. The second-order valence-electron chi connectivity index (χ2n) is 3.85. The van der Waals surface area contributed by atoms with Gasteiger partial charge in [0.1, 0.15) is 0 Å². The molecular weight excluding hydrogens is 367 g/mol. The van der Waals surface area contributed by atoms with E-state index in [1.165, 1.54) is 0 Å². The van der Waals surface area contributed by atoms with Gasteiger partial charge in [-0.05, 0) is 53.6 Å². The monoisotopic (exact) mass is 382 g/mol. The molecule has 0 spiro atoms. The van der Waals surface area contributed by atoms with Crippen molar-refractivity contribution in [2.24, 2.45) is 5.73 Å². The summed E-state index contributed by atoms with van der Waals surface area (Å²) < 4.78 is 5.81. The van der Waals surface area contributed by atoms with Gasteiger partial charge in [0.2, 0.25) is 5.91 Å². The number of methoxy groups -OCH3 is 1. The van der Waals surface area contributed by atoms with Gasteiger partial charge in [-0.3, -0.25) is 4.79 Å². The number of carbonyl (C=O) groups is 1. The molecule has 1 amide bonds. The van der Waals surface area contributed by atoms with Crippen LogP contribution in [0.2, 0.25) is 5.02 Å². The second kappa shape index (κ2) is 7.93. The van der Waals surface area contributed by atoms with Crippen LogP contribution in [0.15, 0.2) is 18.2 Å². The molecule has 6 heteroatoms. The molecule has 0 saturated heterocycles. The molecule has 0 bridgehead atoms. The number of nitrogens with two attached hydrogens (primary N) is 1. The number of nitrogens with one attached hydrogen (secondary N) is 1. The van der Waals surface area contributed by atoms with Crippen molar-refractivity contribution in [2.45, 2.75) is 18.9 Å². The Bertz CT molecular complexity index is 415. The largest absolute Gasteiger partial charge is 0.385 e. The number of carbonyl (C=O) groups excluding carboxylic acids is 1. The summed E-state index contributed by atoms with van der Waals surface area (Å²) in [6.07, 6.45) is 1.37. The number of halogens is 2. The maximum atomic E-state index is 11.8. The van der Waals surface area contributed by atoms with Crippen LogP contribution in [0.4, 0.5) is 5.69 Å². The van der Waals surface area contributed by atoms with Crippen LogP contribution in [0.1, 0.15) is 12.8 Å². The zero-order valence-corrected chi connectivity index (χ0v) is 13.0. The molecule has 0 heterocycles. The number of anilines is 1. The van der Waals surface area contributed by atoms with Crippen molar-refractivity contribution < 1.29 is 9.53 Å². The lowest BCUT2D eigenvalue weighted by Gasteiger charge is -2.13. The highest BCUT2D eigenvalue weighted by molar-refractivity contribution is 14.1. The van der Waals surface area contributed by atoms with E-state index in [2.05, 4.69) is 27.9 Å². The molecule has 0 fully saturated rings. The van der Waals surface area contributed by atoms with E-state index in [1.54, 1.807) is 25.3 Å². The SMILES string of the molecule is COCCCC(N)C(=O)Nc1ccc(Cl)cc1I. The minimum absolute atomic E-state index is 0.189. The van der Waals surface area contributed by atoms with Crippen LogP contribution >= 0.6 is 34.2 Å². The van der Waals surface area contributed by atoms with Crippen LogP contribution in [-0.4, -0.2) is 25.7 Å². The van der Waals surface area contributed by atoms with Crippen LogP contribution in [0, 0.1) is 3.57 Å². The summed E-state index contributed by atoms with van der Waals surface area (Å²) in [4.78, 5) is 11.8. The summed E-state index contributed by atoms with van der Waals surface area (Å²) in [6.45, 7) is 0.611. The molecule has 0 aliphatic heterocycles. The standard InChI is InChI=1S/C12H16ClIN2O2/c1-18-6-2-3-10(15)12(17)16-11-5-4-8(13)7-9(11)14/h4-5,7,10H,2-3,6,15H2,1H3,(H,16,17). The van der Waals surface area contributed by atoms with Crippen molar-refractivity contribution >= 4 is 45.8 Å². The highest BCUT2D eigenvalue weighted by Gasteiger charge is 2.14. The number of hydrogen-bond acceptors (Lipinski definition) is 3. The predicted octanol–water partition coefficient (Wildman–Crippen LogP) is 2.64. The first-order valence-electron chi connectivity index (χ1n) is 5.55. The topological polar surface area (TPSA) is 64.3 Å². The maximum absolute atomic E-state index is 11.8. The van der Waals surface area contributed by atoms with E-state index in [1.807, 2.05) is 0 Å². The smallest absolute Gasteiger partial charge is 0.241 e. The summed E-state index contributed by atoms with van der Waals surface area (Å²) >= 11 is 7.96. The first-order valence-corrected chi connectivity index (χ1v) is 7.00. The van der Waals surface area contributed by atoms with Gasteiger partial charge in [-0.1, -0.05) is 11.6 Å². The summed E-state index contributed by atoms with van der Waals surface area (Å²) in [6, 6.07) is 4.76. The van der Waals surface area contributed by atoms with Crippen LogP contribution in [0.3, 0.4) is 0 Å². The molecule has 3 N–H and O–H groups in total. The fourth-order valence-electron chi connectivity index (χ4n) is 1.39. The second-order valence-corrected chi connectivity index (χ2v) is 5.45. The molecule has 0 aliphatic carbocycles. The highest BCUT2D eigenvalue weighted by atomic mass is 127. The van der Waals surface area contributed by atoms with Crippen molar-refractivity contribution in [3.63, 3.8) is 0 Å². The molecule has 1 aromatic carbocycles. The van der Waals surface area contributed by atoms with Gasteiger partial charge in [-0.25, -0.2) is 0 Å². The Kier molecular flexibility index (Phi) is 6.91. The van der Waals surface area contributed by atoms with Gasteiger partial charge >= 0.3 is 0 Å². The molecular formula is C12H16ClIN2O2. The minimum atomic E-state index is -0.522. The lowest BCUT2D eigenvalue weighted by Crippen LogP contribution is -2.35. The highest BCUT2D eigenvalue weighted by Crippen LogP contribution is 2.22. The molecule has 1 rings (SSSR count). The van der Waals surface area contributed by atoms with E-state index in [-0.39, 0.29) is 5.91 Å². The van der Waals surface area contributed by atoms with Gasteiger partial charge in [0.15, 0.2) is 0 Å². The summed E-state index contributed by atoms with van der Waals surface area (Å²) in [5.74, 6) is -0.189. The number of hydrogen-bond donors (Lipinski definition) is 2. The normalized spacial score (nSPS) is 12.2. The lowest BCUT2D eigenvalue weighted by molar-refractivity contribution is -0.117. The van der Waals surface area contributed by atoms with Gasteiger partial charge in [-0.15, -0.1) is 0 Å². The van der Waals surface area contributed by atoms with E-state index in [9.17, 15) is 4.79 Å². The summed E-state index contributed by atoms with van der Waals surface area (Å²) in [7, 11) is 1.63. The number of rotatable bonds is 6. The molecule has 0 saturated carbocycles. The van der Waals surface area contributed by atoms with E-state index < -0.39 is 6.04 Å². The first kappa shape index (κ1) is 15.7. The molecule has 1 aromatic rings. The van der Waals surface area contributed by atoms with Crippen LogP contribution in [-0.2, 0) is 9.53 Å². The quantitative estimate of drug-likeness (QED) is 0.587. The van der Waals surface area contributed by atoms with Crippen LogP contribution < -0.4 is 11.1 Å². The zero-order chi connectivity index (χ0) is 13.5. The minimum Gasteiger partial charge on any atom is -0.385 e. The molecule has 1 unspecified atom stereocenters. The fraction of sp³-hybridized carbons (Fsp3) is 0.417. The van der Waals surface area contributed by atoms with Crippen molar-refractivity contribution in [3.8, 4) is 0 Å². The Morgan fingerprint density at radius 1 is 1.61 bits per heavy atom. The number of ether oxygens (including phenoxy) is 1. The fourth-order valence-corrected chi connectivity index (χ4v) is 2.40. The molecule has 18 heavy (non-hydrogen) atoms. The van der Waals surface area contributed by atoms with Gasteiger partial charge in [0.05, 0.1) is 11.7 Å². The van der Waals surface area contributed by atoms with Crippen molar-refractivity contribution in [2.75, 3.05) is 19.0 Å². The van der Waals surface area contributed by atoms with Crippen molar-refractivity contribution in [3.05, 3.63) is 26.8 Å². The summed E-state index contributed by atoms with van der Waals surface area (Å²) in [5, 5.41) is 3.43. The van der Waals surface area contributed by atoms with Gasteiger partial charge in [-0.2, -0.15) is 0 Å². The molecule has 100 valence electrons. The Labute approximate surface area is 125 Å². The Morgan fingerprint density at radius 3 is 2.94 bits per heavy atom. The van der Waals surface area contributed by atoms with Crippen molar-refractivity contribution in [1.82, 2.24) is 0 Å². The molecule has 0 radical (unpaired) electrons. The van der Waals surface area contributed by atoms with E-state index in [0.29, 0.717) is 18.1 Å². The van der Waals surface area contributed by atoms with E-state index in [0.717, 1.165) is 15.7 Å².